The van der Waals surface area contributed by atoms with E-state index < -0.39 is 0 Å². The van der Waals surface area contributed by atoms with Crippen molar-refractivity contribution in [2.75, 3.05) is 11.9 Å². The van der Waals surface area contributed by atoms with Crippen LogP contribution in [0.15, 0.2) is 24.3 Å². The lowest BCUT2D eigenvalue weighted by molar-refractivity contribution is -0.119. The van der Waals surface area contributed by atoms with Gasteiger partial charge < -0.3 is 21.7 Å². The highest BCUT2D eigenvalue weighted by Gasteiger charge is 2.22. The van der Waals surface area contributed by atoms with E-state index in [0.29, 0.717) is 25.2 Å². The lowest BCUT2D eigenvalue weighted by Crippen LogP contribution is -2.39. The normalized spacial score (nSPS) is 18.3. The average Bonchev–Trinajstić information content (AvgIpc) is 2.74. The van der Waals surface area contributed by atoms with Gasteiger partial charge in [-0.05, 0) is 17.7 Å². The molecule has 2 rings (SSSR count). The first-order valence-electron chi connectivity index (χ1n) is 5.80. The molecule has 0 aromatic heterocycles. The van der Waals surface area contributed by atoms with E-state index in [1.807, 2.05) is 18.2 Å². The number of hydrogen-bond acceptors (Lipinski definition) is 3. The van der Waals surface area contributed by atoms with Crippen molar-refractivity contribution in [3.05, 3.63) is 29.8 Å². The van der Waals surface area contributed by atoms with Crippen LogP contribution in [0, 0.1) is 0 Å². The largest absolute Gasteiger partial charge is 0.354 e. The summed E-state index contributed by atoms with van der Waals surface area (Å²) in [5.74, 6) is -0.0366. The molecule has 0 saturated carbocycles. The molecule has 0 aliphatic carbocycles. The van der Waals surface area contributed by atoms with E-state index in [9.17, 15) is 9.59 Å². The Labute approximate surface area is 105 Å². The Morgan fingerprint density at radius 3 is 3.00 bits per heavy atom. The maximum absolute atomic E-state index is 11.7. The minimum atomic E-state index is -0.314. The van der Waals surface area contributed by atoms with Crippen LogP contribution >= 0.6 is 0 Å². The van der Waals surface area contributed by atoms with E-state index in [2.05, 4.69) is 16.0 Å². The minimum Gasteiger partial charge on any atom is -0.354 e. The fourth-order valence-corrected chi connectivity index (χ4v) is 1.84. The molecule has 5 N–H and O–H groups in total. The van der Waals surface area contributed by atoms with E-state index in [-0.39, 0.29) is 18.0 Å². The Morgan fingerprint density at radius 2 is 2.33 bits per heavy atom. The van der Waals surface area contributed by atoms with Crippen molar-refractivity contribution < 1.29 is 9.59 Å². The van der Waals surface area contributed by atoms with Gasteiger partial charge in [0.05, 0.1) is 6.04 Å². The second-order valence-electron chi connectivity index (χ2n) is 4.21. The van der Waals surface area contributed by atoms with Crippen LogP contribution in [0.4, 0.5) is 10.5 Å². The summed E-state index contributed by atoms with van der Waals surface area (Å²) in [5.41, 5.74) is 7.16. The van der Waals surface area contributed by atoms with E-state index in [0.717, 1.165) is 5.56 Å². The van der Waals surface area contributed by atoms with Gasteiger partial charge in [-0.25, -0.2) is 4.79 Å². The molecule has 1 aromatic carbocycles. The third kappa shape index (κ3) is 3.21. The number of nitrogens with one attached hydrogen (secondary N) is 3. The van der Waals surface area contributed by atoms with Gasteiger partial charge in [0.2, 0.25) is 5.91 Å². The van der Waals surface area contributed by atoms with E-state index in [4.69, 9.17) is 5.73 Å². The summed E-state index contributed by atoms with van der Waals surface area (Å²) in [6, 6.07) is 6.87. The van der Waals surface area contributed by atoms with Crippen LogP contribution in [-0.2, 0) is 11.3 Å². The van der Waals surface area contributed by atoms with E-state index >= 15 is 0 Å². The first kappa shape index (κ1) is 12.4. The molecule has 1 saturated heterocycles. The summed E-state index contributed by atoms with van der Waals surface area (Å²) < 4.78 is 0. The zero-order valence-corrected chi connectivity index (χ0v) is 9.90. The second-order valence-corrected chi connectivity index (χ2v) is 4.21. The minimum absolute atomic E-state index is 0.0366. The van der Waals surface area contributed by atoms with Crippen molar-refractivity contribution in [3.63, 3.8) is 0 Å². The Kier molecular flexibility index (Phi) is 3.78. The molecule has 1 aliphatic rings. The molecule has 0 bridgehead atoms. The predicted octanol–water partition coefficient (Wildman–Crippen LogP) is 0.155. The third-order valence-electron chi connectivity index (χ3n) is 2.73. The third-order valence-corrected chi connectivity index (χ3v) is 2.73. The Bertz CT molecular complexity index is 461. The van der Waals surface area contributed by atoms with Crippen LogP contribution < -0.4 is 21.7 Å². The number of rotatable bonds is 3. The van der Waals surface area contributed by atoms with Crippen LogP contribution in [0.5, 0.6) is 0 Å². The molecule has 1 aromatic rings. The SMILES string of the molecule is NCc1cccc(NC(=O)NC2CNC(=O)C2)c1. The summed E-state index contributed by atoms with van der Waals surface area (Å²) in [4.78, 5) is 22.7. The predicted molar refractivity (Wildman–Crippen MR) is 67.9 cm³/mol. The standard InChI is InChI=1S/C12H16N4O2/c13-6-8-2-1-3-9(4-8)15-12(18)16-10-5-11(17)14-7-10/h1-4,10H,5-7,13H2,(H,14,17)(H2,15,16,18). The average molecular weight is 248 g/mol. The maximum Gasteiger partial charge on any atom is 0.319 e. The molecule has 6 nitrogen and oxygen atoms in total. The first-order valence-corrected chi connectivity index (χ1v) is 5.80. The second kappa shape index (κ2) is 5.50. The highest BCUT2D eigenvalue weighted by atomic mass is 16.2. The van der Waals surface area contributed by atoms with Crippen molar-refractivity contribution in [3.8, 4) is 0 Å². The van der Waals surface area contributed by atoms with Gasteiger partial charge in [0.25, 0.3) is 0 Å². The van der Waals surface area contributed by atoms with Crippen LogP contribution in [-0.4, -0.2) is 24.5 Å². The van der Waals surface area contributed by atoms with Crippen LogP contribution in [0.2, 0.25) is 0 Å². The lowest BCUT2D eigenvalue weighted by Gasteiger charge is -2.12. The molecular weight excluding hydrogens is 232 g/mol. The van der Waals surface area contributed by atoms with Gasteiger partial charge in [-0.1, -0.05) is 12.1 Å². The zero-order chi connectivity index (χ0) is 13.0. The molecule has 6 heteroatoms. The number of carbonyl (C=O) groups is 2. The fourth-order valence-electron chi connectivity index (χ4n) is 1.84. The molecule has 1 heterocycles. The Morgan fingerprint density at radius 1 is 1.50 bits per heavy atom. The van der Waals surface area contributed by atoms with Crippen molar-refractivity contribution in [1.29, 1.82) is 0 Å². The summed E-state index contributed by atoms with van der Waals surface area (Å²) in [7, 11) is 0. The molecule has 96 valence electrons. The van der Waals surface area contributed by atoms with Crippen molar-refractivity contribution in [2.45, 2.75) is 19.0 Å². The molecule has 0 spiro atoms. The number of urea groups is 1. The van der Waals surface area contributed by atoms with Gasteiger partial charge in [-0.3, -0.25) is 4.79 Å². The molecule has 1 atom stereocenters. The molecular formula is C12H16N4O2. The van der Waals surface area contributed by atoms with Crippen molar-refractivity contribution >= 4 is 17.6 Å². The highest BCUT2D eigenvalue weighted by molar-refractivity contribution is 5.90. The number of hydrogen-bond donors (Lipinski definition) is 4. The molecule has 18 heavy (non-hydrogen) atoms. The lowest BCUT2D eigenvalue weighted by atomic mass is 10.2. The van der Waals surface area contributed by atoms with E-state index in [1.165, 1.54) is 0 Å². The van der Waals surface area contributed by atoms with Crippen LogP contribution in [0.25, 0.3) is 0 Å². The number of carbonyl (C=O) groups excluding carboxylic acids is 2. The quantitative estimate of drug-likeness (QED) is 0.613. The maximum atomic E-state index is 11.7. The number of nitrogens with two attached hydrogens (primary N) is 1. The van der Waals surface area contributed by atoms with Gasteiger partial charge in [0.15, 0.2) is 0 Å². The molecule has 1 fully saturated rings. The Hall–Kier alpha value is -2.08. The van der Waals surface area contributed by atoms with Crippen LogP contribution in [0.1, 0.15) is 12.0 Å². The van der Waals surface area contributed by atoms with Gasteiger partial charge in [0, 0.05) is 25.2 Å². The summed E-state index contributed by atoms with van der Waals surface area (Å²) in [6.07, 6.45) is 0.330. The molecule has 0 radical (unpaired) electrons. The summed E-state index contributed by atoms with van der Waals surface area (Å²) >= 11 is 0. The number of amides is 3. The van der Waals surface area contributed by atoms with Gasteiger partial charge >= 0.3 is 6.03 Å². The molecule has 1 unspecified atom stereocenters. The monoisotopic (exact) mass is 248 g/mol. The summed E-state index contributed by atoms with van der Waals surface area (Å²) in [6.45, 7) is 0.910. The highest BCUT2D eigenvalue weighted by Crippen LogP contribution is 2.10. The molecule has 3 amide bonds. The first-order chi connectivity index (χ1) is 8.67. The smallest absolute Gasteiger partial charge is 0.319 e. The van der Waals surface area contributed by atoms with Gasteiger partial charge in [-0.15, -0.1) is 0 Å². The number of benzene rings is 1. The van der Waals surface area contributed by atoms with Crippen molar-refractivity contribution in [2.24, 2.45) is 5.73 Å². The van der Waals surface area contributed by atoms with Crippen LogP contribution in [0.3, 0.4) is 0 Å². The summed E-state index contributed by atoms with van der Waals surface area (Å²) in [5, 5.41) is 8.10. The fraction of sp³-hybridized carbons (Fsp3) is 0.333. The van der Waals surface area contributed by atoms with E-state index in [1.54, 1.807) is 6.07 Å². The zero-order valence-electron chi connectivity index (χ0n) is 9.90. The molecule has 1 aliphatic heterocycles. The van der Waals surface area contributed by atoms with Gasteiger partial charge in [-0.2, -0.15) is 0 Å². The number of anilines is 1. The van der Waals surface area contributed by atoms with Crippen molar-refractivity contribution in [1.82, 2.24) is 10.6 Å². The Balaban J connectivity index is 1.88. The van der Waals surface area contributed by atoms with Gasteiger partial charge in [0.1, 0.15) is 0 Å². The topological polar surface area (TPSA) is 96.2 Å².